The predicted molar refractivity (Wildman–Crippen MR) is 96.2 cm³/mol. The molecule has 0 aliphatic carbocycles. The molecule has 1 heterocycles. The van der Waals surface area contributed by atoms with Gasteiger partial charge >= 0.3 is 6.18 Å². The first-order valence-electron chi connectivity index (χ1n) is 8.70. The van der Waals surface area contributed by atoms with E-state index >= 15 is 0 Å². The number of β-amino-alcohol motifs (C(OH)–C–C–N with tert-alkyl or cyclic N) is 1. The number of aliphatic hydroxyl groups excluding tert-OH is 1. The van der Waals surface area contributed by atoms with Crippen LogP contribution >= 0.6 is 0 Å². The van der Waals surface area contributed by atoms with Gasteiger partial charge in [0.1, 0.15) is 6.07 Å². The first kappa shape index (κ1) is 19.2. The van der Waals surface area contributed by atoms with Crippen molar-refractivity contribution in [3.63, 3.8) is 0 Å². The summed E-state index contributed by atoms with van der Waals surface area (Å²) >= 11 is 0. The molecule has 0 bridgehead atoms. The van der Waals surface area contributed by atoms with Crippen LogP contribution in [0.2, 0.25) is 0 Å². The van der Waals surface area contributed by atoms with E-state index in [-0.39, 0.29) is 5.56 Å². The van der Waals surface area contributed by atoms with Gasteiger partial charge in [-0.15, -0.1) is 0 Å². The Morgan fingerprint density at radius 1 is 1.04 bits per heavy atom. The SMILES string of the molecule is N#Cc1cc(C(F)(F)F)ccc1N1CCN(CC(O)c2ccccc2)CC1. The van der Waals surface area contributed by atoms with E-state index < -0.39 is 17.8 Å². The van der Waals surface area contributed by atoms with Gasteiger partial charge in [-0.2, -0.15) is 18.4 Å². The average molecular weight is 375 g/mol. The summed E-state index contributed by atoms with van der Waals surface area (Å²) in [5, 5.41) is 19.6. The summed E-state index contributed by atoms with van der Waals surface area (Å²) < 4.78 is 38.5. The fourth-order valence-corrected chi connectivity index (χ4v) is 3.27. The highest BCUT2D eigenvalue weighted by Crippen LogP contribution is 2.33. The molecule has 0 radical (unpaired) electrons. The fraction of sp³-hybridized carbons (Fsp3) is 0.350. The minimum atomic E-state index is -4.46. The maximum absolute atomic E-state index is 12.8. The third kappa shape index (κ3) is 4.59. The number of halogens is 3. The van der Waals surface area contributed by atoms with Gasteiger partial charge in [0.2, 0.25) is 0 Å². The quantitative estimate of drug-likeness (QED) is 0.890. The third-order valence-electron chi connectivity index (χ3n) is 4.77. The van der Waals surface area contributed by atoms with Crippen LogP contribution < -0.4 is 4.90 Å². The molecule has 0 saturated carbocycles. The van der Waals surface area contributed by atoms with E-state index in [0.29, 0.717) is 38.4 Å². The lowest BCUT2D eigenvalue weighted by atomic mass is 10.1. The highest BCUT2D eigenvalue weighted by Gasteiger charge is 2.31. The van der Waals surface area contributed by atoms with Crippen LogP contribution in [-0.4, -0.2) is 42.7 Å². The largest absolute Gasteiger partial charge is 0.416 e. The summed E-state index contributed by atoms with van der Waals surface area (Å²) in [4.78, 5) is 4.04. The number of alkyl halides is 3. The highest BCUT2D eigenvalue weighted by molar-refractivity contribution is 5.61. The zero-order valence-electron chi connectivity index (χ0n) is 14.7. The molecule has 3 rings (SSSR count). The Morgan fingerprint density at radius 3 is 2.30 bits per heavy atom. The normalized spacial score (nSPS) is 16.8. The highest BCUT2D eigenvalue weighted by atomic mass is 19.4. The molecule has 1 aliphatic heterocycles. The Labute approximate surface area is 156 Å². The summed E-state index contributed by atoms with van der Waals surface area (Å²) in [6.45, 7) is 2.99. The topological polar surface area (TPSA) is 50.5 Å². The van der Waals surface area contributed by atoms with E-state index in [1.807, 2.05) is 41.3 Å². The Balaban J connectivity index is 1.63. The van der Waals surface area contributed by atoms with Gasteiger partial charge in [0.15, 0.2) is 0 Å². The Hall–Kier alpha value is -2.56. The molecule has 1 atom stereocenters. The van der Waals surface area contributed by atoms with Crippen molar-refractivity contribution in [2.45, 2.75) is 12.3 Å². The van der Waals surface area contributed by atoms with Crippen molar-refractivity contribution < 1.29 is 18.3 Å². The first-order valence-corrected chi connectivity index (χ1v) is 8.70. The Morgan fingerprint density at radius 2 is 1.70 bits per heavy atom. The molecule has 142 valence electrons. The van der Waals surface area contributed by atoms with Gasteiger partial charge in [0.05, 0.1) is 22.9 Å². The number of hydrogen-bond donors (Lipinski definition) is 1. The standard InChI is InChI=1S/C20H20F3N3O/c21-20(22,23)17-6-7-18(16(12-17)13-24)26-10-8-25(9-11-26)14-19(27)15-4-2-1-3-5-15/h1-7,12,19,27H,8-11,14H2. The number of nitriles is 1. The molecular formula is C20H20F3N3O. The first-order chi connectivity index (χ1) is 12.9. The molecule has 0 spiro atoms. The molecular weight excluding hydrogens is 355 g/mol. The number of hydrogen-bond acceptors (Lipinski definition) is 4. The smallest absolute Gasteiger partial charge is 0.387 e. The van der Waals surface area contributed by atoms with E-state index in [2.05, 4.69) is 4.90 Å². The van der Waals surface area contributed by atoms with Crippen LogP contribution in [0.1, 0.15) is 22.8 Å². The van der Waals surface area contributed by atoms with Crippen LogP contribution in [0.5, 0.6) is 0 Å². The molecule has 27 heavy (non-hydrogen) atoms. The monoisotopic (exact) mass is 375 g/mol. The van der Waals surface area contributed by atoms with Crippen molar-refractivity contribution in [2.24, 2.45) is 0 Å². The van der Waals surface area contributed by atoms with Gasteiger partial charge in [-0.25, -0.2) is 0 Å². The minimum absolute atomic E-state index is 0.0302. The number of aliphatic hydroxyl groups is 1. The summed E-state index contributed by atoms with van der Waals surface area (Å²) in [5.41, 5.74) is 0.596. The molecule has 0 aromatic heterocycles. The molecule has 1 unspecified atom stereocenters. The van der Waals surface area contributed by atoms with Crippen LogP contribution in [0.4, 0.5) is 18.9 Å². The van der Waals surface area contributed by atoms with E-state index in [1.165, 1.54) is 6.07 Å². The van der Waals surface area contributed by atoms with Crippen molar-refractivity contribution in [1.82, 2.24) is 4.90 Å². The second-order valence-electron chi connectivity index (χ2n) is 6.56. The minimum Gasteiger partial charge on any atom is -0.387 e. The van der Waals surface area contributed by atoms with Crippen molar-refractivity contribution in [3.8, 4) is 6.07 Å². The second-order valence-corrected chi connectivity index (χ2v) is 6.56. The molecule has 1 fully saturated rings. The molecule has 1 aliphatic rings. The van der Waals surface area contributed by atoms with Gasteiger partial charge < -0.3 is 10.0 Å². The number of nitrogens with zero attached hydrogens (tertiary/aromatic N) is 3. The molecule has 1 saturated heterocycles. The predicted octanol–water partition coefficient (Wildman–Crippen LogP) is 3.43. The van der Waals surface area contributed by atoms with Gasteiger partial charge in [-0.3, -0.25) is 4.90 Å². The van der Waals surface area contributed by atoms with E-state index in [0.717, 1.165) is 17.7 Å². The van der Waals surface area contributed by atoms with Crippen LogP contribution in [0, 0.1) is 11.3 Å². The summed E-state index contributed by atoms with van der Waals surface area (Å²) in [6.07, 6.45) is -5.05. The van der Waals surface area contributed by atoms with Crippen LogP contribution in [0.15, 0.2) is 48.5 Å². The van der Waals surface area contributed by atoms with Crippen LogP contribution in [0.25, 0.3) is 0 Å². The zero-order chi connectivity index (χ0) is 19.4. The van der Waals surface area contributed by atoms with Gasteiger partial charge in [-0.1, -0.05) is 30.3 Å². The van der Waals surface area contributed by atoms with Gasteiger partial charge in [0.25, 0.3) is 0 Å². The van der Waals surface area contributed by atoms with E-state index in [1.54, 1.807) is 0 Å². The van der Waals surface area contributed by atoms with Crippen molar-refractivity contribution in [1.29, 1.82) is 5.26 Å². The maximum Gasteiger partial charge on any atom is 0.416 e. The number of anilines is 1. The third-order valence-corrected chi connectivity index (χ3v) is 4.77. The van der Waals surface area contributed by atoms with Crippen LogP contribution in [0.3, 0.4) is 0 Å². The summed E-state index contributed by atoms with van der Waals surface area (Å²) in [5.74, 6) is 0. The number of rotatable bonds is 4. The van der Waals surface area contributed by atoms with E-state index in [4.69, 9.17) is 0 Å². The summed E-state index contributed by atoms with van der Waals surface area (Å²) in [6, 6.07) is 14.6. The molecule has 2 aromatic carbocycles. The molecule has 0 amide bonds. The van der Waals surface area contributed by atoms with Crippen LogP contribution in [-0.2, 0) is 6.18 Å². The number of benzene rings is 2. The fourth-order valence-electron chi connectivity index (χ4n) is 3.27. The van der Waals surface area contributed by atoms with Crippen molar-refractivity contribution in [2.75, 3.05) is 37.6 Å². The molecule has 7 heteroatoms. The molecule has 4 nitrogen and oxygen atoms in total. The zero-order valence-corrected chi connectivity index (χ0v) is 14.7. The molecule has 1 N–H and O–H groups in total. The lowest BCUT2D eigenvalue weighted by Gasteiger charge is -2.37. The molecule has 2 aromatic rings. The summed E-state index contributed by atoms with van der Waals surface area (Å²) in [7, 11) is 0. The van der Waals surface area contributed by atoms with Crippen molar-refractivity contribution in [3.05, 3.63) is 65.2 Å². The van der Waals surface area contributed by atoms with E-state index in [9.17, 15) is 23.5 Å². The Kier molecular flexibility index (Phi) is 5.68. The maximum atomic E-state index is 12.8. The van der Waals surface area contributed by atoms with Gasteiger partial charge in [0, 0.05) is 32.7 Å². The number of piperazine rings is 1. The van der Waals surface area contributed by atoms with Crippen molar-refractivity contribution >= 4 is 5.69 Å². The lowest BCUT2D eigenvalue weighted by molar-refractivity contribution is -0.137. The lowest BCUT2D eigenvalue weighted by Crippen LogP contribution is -2.47. The van der Waals surface area contributed by atoms with Gasteiger partial charge in [-0.05, 0) is 23.8 Å². The average Bonchev–Trinajstić information content (AvgIpc) is 2.68. The Bertz CT molecular complexity index is 809. The second kappa shape index (κ2) is 7.99.